The predicted molar refractivity (Wildman–Crippen MR) is 116 cm³/mol. The summed E-state index contributed by atoms with van der Waals surface area (Å²) in [7, 11) is 1.66. The molecule has 0 atom stereocenters. The number of methoxy groups -OCH3 is 1. The number of hydrogen-bond acceptors (Lipinski definition) is 6. The van der Waals surface area contributed by atoms with Crippen LogP contribution in [0.4, 0.5) is 5.95 Å². The third kappa shape index (κ3) is 3.47. The Hall–Kier alpha value is -3.91. The number of fused-ring (bicyclic) bond motifs is 3. The van der Waals surface area contributed by atoms with Crippen molar-refractivity contribution in [2.24, 2.45) is 0 Å². The van der Waals surface area contributed by atoms with E-state index < -0.39 is 5.91 Å². The number of amides is 1. The van der Waals surface area contributed by atoms with Gasteiger partial charge in [0.1, 0.15) is 5.75 Å². The second-order valence-corrected chi connectivity index (χ2v) is 7.46. The summed E-state index contributed by atoms with van der Waals surface area (Å²) in [5, 5.41) is 9.93. The summed E-state index contributed by atoms with van der Waals surface area (Å²) in [6.45, 7) is 1.45. The quantitative estimate of drug-likeness (QED) is 0.349. The second-order valence-electron chi connectivity index (χ2n) is 7.46. The van der Waals surface area contributed by atoms with Crippen LogP contribution in [-0.2, 0) is 13.0 Å². The summed E-state index contributed by atoms with van der Waals surface area (Å²) < 4.78 is 5.26. The SMILES string of the molecule is COc1ccc(-c2ccc3[nH]c4c(c3c2)CN(c2ncc(C(=O)NO)cn2)CC4)cc1. The van der Waals surface area contributed by atoms with Gasteiger partial charge in [0.25, 0.3) is 5.91 Å². The van der Waals surface area contributed by atoms with Crippen LogP contribution in [0.3, 0.4) is 0 Å². The van der Waals surface area contributed by atoms with E-state index in [-0.39, 0.29) is 5.56 Å². The molecule has 31 heavy (non-hydrogen) atoms. The fourth-order valence-corrected chi connectivity index (χ4v) is 4.01. The zero-order chi connectivity index (χ0) is 21.4. The summed E-state index contributed by atoms with van der Waals surface area (Å²) in [6, 6.07) is 14.5. The lowest BCUT2D eigenvalue weighted by Gasteiger charge is -2.27. The van der Waals surface area contributed by atoms with Crippen molar-refractivity contribution < 1.29 is 14.7 Å². The highest BCUT2D eigenvalue weighted by Crippen LogP contribution is 2.32. The van der Waals surface area contributed by atoms with Crippen LogP contribution in [0.5, 0.6) is 5.75 Å². The maximum atomic E-state index is 11.5. The van der Waals surface area contributed by atoms with Crippen LogP contribution in [-0.4, -0.2) is 39.7 Å². The standard InChI is InChI=1S/C23H21N5O3/c1-31-17-5-2-14(3-6-17)15-4-7-20-18(10-15)19-13-28(9-8-21(19)26-20)23-24-11-16(12-25-23)22(29)27-30/h2-7,10-12,26,30H,8-9,13H2,1H3,(H,27,29). The maximum Gasteiger partial charge on any atom is 0.277 e. The monoisotopic (exact) mass is 415 g/mol. The first-order valence-electron chi connectivity index (χ1n) is 9.95. The Bertz CT molecular complexity index is 1250. The van der Waals surface area contributed by atoms with E-state index in [1.807, 2.05) is 12.1 Å². The Morgan fingerprint density at radius 1 is 1.13 bits per heavy atom. The number of hydroxylamine groups is 1. The minimum atomic E-state index is -0.629. The minimum Gasteiger partial charge on any atom is -0.497 e. The molecule has 0 radical (unpaired) electrons. The van der Waals surface area contributed by atoms with Crippen molar-refractivity contribution in [3.05, 3.63) is 71.7 Å². The number of aromatic amines is 1. The van der Waals surface area contributed by atoms with Crippen LogP contribution in [0.2, 0.25) is 0 Å². The summed E-state index contributed by atoms with van der Waals surface area (Å²) in [5.41, 5.74) is 7.65. The third-order valence-electron chi connectivity index (χ3n) is 5.68. The Balaban J connectivity index is 1.46. The molecule has 1 amide bonds. The Morgan fingerprint density at radius 3 is 2.58 bits per heavy atom. The Labute approximate surface area is 178 Å². The number of carbonyl (C=O) groups excluding carboxylic acids is 1. The Morgan fingerprint density at radius 2 is 1.87 bits per heavy atom. The molecule has 1 aliphatic heterocycles. The highest BCUT2D eigenvalue weighted by atomic mass is 16.5. The molecule has 0 fully saturated rings. The molecule has 1 aliphatic rings. The van der Waals surface area contributed by atoms with Gasteiger partial charge in [-0.15, -0.1) is 0 Å². The number of hydrogen-bond donors (Lipinski definition) is 3. The molecule has 8 nitrogen and oxygen atoms in total. The van der Waals surface area contributed by atoms with Crippen LogP contribution >= 0.6 is 0 Å². The molecular formula is C23H21N5O3. The molecule has 0 saturated carbocycles. The fraction of sp³-hybridized carbons (Fsp3) is 0.174. The molecule has 0 saturated heterocycles. The van der Waals surface area contributed by atoms with Crippen LogP contribution < -0.4 is 15.1 Å². The minimum absolute atomic E-state index is 0.208. The average Bonchev–Trinajstić information content (AvgIpc) is 3.21. The smallest absolute Gasteiger partial charge is 0.277 e. The summed E-state index contributed by atoms with van der Waals surface area (Å²) in [6.07, 6.45) is 3.69. The van der Waals surface area contributed by atoms with E-state index in [0.717, 1.165) is 35.4 Å². The van der Waals surface area contributed by atoms with Gasteiger partial charge >= 0.3 is 0 Å². The molecule has 2 aromatic heterocycles. The molecule has 3 N–H and O–H groups in total. The van der Waals surface area contributed by atoms with Crippen molar-refractivity contribution in [1.82, 2.24) is 20.4 Å². The van der Waals surface area contributed by atoms with Crippen molar-refractivity contribution in [3.8, 4) is 16.9 Å². The second kappa shape index (κ2) is 7.73. The maximum absolute atomic E-state index is 11.5. The van der Waals surface area contributed by atoms with Crippen molar-refractivity contribution >= 4 is 22.8 Å². The summed E-state index contributed by atoms with van der Waals surface area (Å²) in [5.74, 6) is 0.762. The zero-order valence-corrected chi connectivity index (χ0v) is 16.9. The number of ether oxygens (including phenoxy) is 1. The van der Waals surface area contributed by atoms with Crippen LogP contribution in [0, 0.1) is 0 Å². The molecule has 0 bridgehead atoms. The molecule has 5 rings (SSSR count). The first-order valence-corrected chi connectivity index (χ1v) is 9.95. The van der Waals surface area contributed by atoms with E-state index in [1.165, 1.54) is 29.0 Å². The summed E-state index contributed by atoms with van der Waals surface area (Å²) in [4.78, 5) is 25.8. The highest BCUT2D eigenvalue weighted by molar-refractivity contribution is 5.93. The Kier molecular flexibility index (Phi) is 4.76. The molecule has 2 aromatic carbocycles. The molecule has 0 aliphatic carbocycles. The van der Waals surface area contributed by atoms with Crippen molar-refractivity contribution in [2.75, 3.05) is 18.6 Å². The van der Waals surface area contributed by atoms with Crippen molar-refractivity contribution in [3.63, 3.8) is 0 Å². The van der Waals surface area contributed by atoms with Gasteiger partial charge in [-0.05, 0) is 35.4 Å². The van der Waals surface area contributed by atoms with Gasteiger partial charge in [-0.3, -0.25) is 10.0 Å². The lowest BCUT2D eigenvalue weighted by atomic mass is 10.00. The molecule has 0 spiro atoms. The van der Waals surface area contributed by atoms with Gasteiger partial charge in [0.2, 0.25) is 5.95 Å². The van der Waals surface area contributed by atoms with E-state index in [2.05, 4.69) is 50.2 Å². The molecule has 0 unspecified atom stereocenters. The van der Waals surface area contributed by atoms with Crippen molar-refractivity contribution in [1.29, 1.82) is 0 Å². The number of benzene rings is 2. The number of rotatable bonds is 4. The van der Waals surface area contributed by atoms with Crippen LogP contribution in [0.25, 0.3) is 22.0 Å². The molecule has 156 valence electrons. The normalized spacial score (nSPS) is 13.2. The number of nitrogens with zero attached hydrogens (tertiary/aromatic N) is 3. The molecule has 3 heterocycles. The number of nitrogens with one attached hydrogen (secondary N) is 2. The van der Waals surface area contributed by atoms with Gasteiger partial charge in [0, 0.05) is 54.1 Å². The van der Waals surface area contributed by atoms with Gasteiger partial charge in [-0.2, -0.15) is 0 Å². The lowest BCUT2D eigenvalue weighted by Crippen LogP contribution is -2.31. The van der Waals surface area contributed by atoms with Gasteiger partial charge < -0.3 is 14.6 Å². The first-order chi connectivity index (χ1) is 15.2. The van der Waals surface area contributed by atoms with E-state index in [4.69, 9.17) is 9.94 Å². The topological polar surface area (TPSA) is 103 Å². The number of carbonyl (C=O) groups is 1. The van der Waals surface area contributed by atoms with E-state index >= 15 is 0 Å². The first kappa shape index (κ1) is 19.1. The van der Waals surface area contributed by atoms with Crippen LogP contribution in [0.15, 0.2) is 54.9 Å². The van der Waals surface area contributed by atoms with E-state index in [1.54, 1.807) is 12.6 Å². The summed E-state index contributed by atoms with van der Waals surface area (Å²) >= 11 is 0. The van der Waals surface area contributed by atoms with Crippen molar-refractivity contribution in [2.45, 2.75) is 13.0 Å². The number of anilines is 1. The predicted octanol–water partition coefficient (Wildman–Crippen LogP) is 3.32. The van der Waals surface area contributed by atoms with E-state index in [9.17, 15) is 4.79 Å². The highest BCUT2D eigenvalue weighted by Gasteiger charge is 2.23. The third-order valence-corrected chi connectivity index (χ3v) is 5.68. The van der Waals surface area contributed by atoms with E-state index in [0.29, 0.717) is 12.5 Å². The molecule has 4 aromatic rings. The average molecular weight is 415 g/mol. The largest absolute Gasteiger partial charge is 0.497 e. The van der Waals surface area contributed by atoms with Gasteiger partial charge in [0.05, 0.1) is 12.7 Å². The zero-order valence-electron chi connectivity index (χ0n) is 16.9. The van der Waals surface area contributed by atoms with Gasteiger partial charge in [-0.25, -0.2) is 15.4 Å². The molecule has 8 heteroatoms. The number of aromatic nitrogens is 3. The van der Waals surface area contributed by atoms with Crippen LogP contribution in [0.1, 0.15) is 21.6 Å². The number of H-pyrrole nitrogens is 1. The van der Waals surface area contributed by atoms with Gasteiger partial charge in [-0.1, -0.05) is 18.2 Å². The lowest BCUT2D eigenvalue weighted by molar-refractivity contribution is 0.0705. The van der Waals surface area contributed by atoms with Gasteiger partial charge in [0.15, 0.2) is 0 Å². The fourth-order valence-electron chi connectivity index (χ4n) is 4.01. The molecular weight excluding hydrogens is 394 g/mol.